The van der Waals surface area contributed by atoms with Crippen molar-refractivity contribution in [1.29, 1.82) is 0 Å². The number of carbonyl (C=O) groups is 1. The molecule has 98 valence electrons. The quantitative estimate of drug-likeness (QED) is 0.444. The minimum absolute atomic E-state index is 0.244. The minimum atomic E-state index is -0.762. The lowest BCUT2D eigenvalue weighted by molar-refractivity contribution is -0.144. The van der Waals surface area contributed by atoms with Crippen LogP contribution in [-0.2, 0) is 16.1 Å². The summed E-state index contributed by atoms with van der Waals surface area (Å²) in [6.07, 6.45) is 0. The number of alkyl halides is 1. The summed E-state index contributed by atoms with van der Waals surface area (Å²) in [4.78, 5) is 11.9. The molecule has 0 heterocycles. The van der Waals surface area contributed by atoms with Crippen molar-refractivity contribution in [3.63, 3.8) is 0 Å². The Hall–Kier alpha value is -1.07. The highest BCUT2D eigenvalue weighted by molar-refractivity contribution is 14.1. The van der Waals surface area contributed by atoms with Crippen LogP contribution in [0, 0.1) is 3.57 Å². The van der Waals surface area contributed by atoms with E-state index >= 15 is 0 Å². The number of ether oxygens (including phenoxy) is 1. The van der Waals surface area contributed by atoms with E-state index < -0.39 is 11.3 Å². The molecule has 0 aromatic heterocycles. The molecular weight excluding hydrogens is 375 g/mol. The molecule has 2 nitrogen and oxygen atoms in total. The molecule has 2 rings (SSSR count). The van der Waals surface area contributed by atoms with Gasteiger partial charge in [0.05, 0.1) is 0 Å². The van der Waals surface area contributed by atoms with Gasteiger partial charge in [0.1, 0.15) is 6.61 Å². The summed E-state index contributed by atoms with van der Waals surface area (Å²) in [5.74, 6) is -0.424. The minimum Gasteiger partial charge on any atom is -0.459 e. The maximum Gasteiger partial charge on any atom is 0.328 e. The summed E-state index contributed by atoms with van der Waals surface area (Å²) in [7, 11) is 0. The zero-order valence-electron chi connectivity index (χ0n) is 10.1. The Morgan fingerprint density at radius 3 is 2.42 bits per heavy atom. The number of hydrogen-bond acceptors (Lipinski definition) is 2. The smallest absolute Gasteiger partial charge is 0.328 e. The van der Waals surface area contributed by atoms with Gasteiger partial charge in [-0.25, -0.2) is 0 Å². The maximum absolute atomic E-state index is 11.9. The Bertz CT molecular complexity index is 557. The van der Waals surface area contributed by atoms with Gasteiger partial charge in [-0.1, -0.05) is 48.5 Å². The van der Waals surface area contributed by atoms with Gasteiger partial charge in [0.2, 0.25) is 0 Å². The summed E-state index contributed by atoms with van der Waals surface area (Å²) in [5.41, 5.74) is 1.73. The van der Waals surface area contributed by atoms with Crippen molar-refractivity contribution in [2.24, 2.45) is 0 Å². The van der Waals surface area contributed by atoms with Gasteiger partial charge in [-0.05, 0) is 34.2 Å². The normalized spacial score (nSPS) is 11.9. The summed E-state index contributed by atoms with van der Waals surface area (Å²) in [5, 5.41) is -0.762. The van der Waals surface area contributed by atoms with E-state index in [2.05, 4.69) is 22.6 Å². The molecule has 0 aliphatic rings. The Labute approximate surface area is 130 Å². The first-order chi connectivity index (χ1) is 9.18. The predicted molar refractivity (Wildman–Crippen MR) is 84.0 cm³/mol. The van der Waals surface area contributed by atoms with Gasteiger partial charge in [0.25, 0.3) is 0 Å². The lowest BCUT2D eigenvalue weighted by Crippen LogP contribution is -2.11. The molecule has 1 atom stereocenters. The van der Waals surface area contributed by atoms with E-state index in [4.69, 9.17) is 16.3 Å². The van der Waals surface area contributed by atoms with Crippen LogP contribution in [0.5, 0.6) is 0 Å². The number of benzene rings is 2. The first-order valence-corrected chi connectivity index (χ1v) is 7.29. The van der Waals surface area contributed by atoms with Gasteiger partial charge >= 0.3 is 5.97 Å². The molecular formula is C15H12ClIO2. The fourth-order valence-electron chi connectivity index (χ4n) is 1.60. The van der Waals surface area contributed by atoms with Crippen molar-refractivity contribution in [3.8, 4) is 0 Å². The molecule has 0 amide bonds. The van der Waals surface area contributed by atoms with Crippen LogP contribution in [0.1, 0.15) is 16.5 Å². The van der Waals surface area contributed by atoms with Crippen LogP contribution in [0.25, 0.3) is 0 Å². The summed E-state index contributed by atoms with van der Waals surface area (Å²) >= 11 is 8.30. The molecule has 0 aliphatic carbocycles. The molecule has 2 aromatic carbocycles. The highest BCUT2D eigenvalue weighted by atomic mass is 127. The third-order valence-corrected chi connectivity index (χ3v) is 4.11. The average molecular weight is 387 g/mol. The van der Waals surface area contributed by atoms with Gasteiger partial charge in [0, 0.05) is 9.13 Å². The molecule has 0 saturated carbocycles. The number of halogens is 2. The van der Waals surface area contributed by atoms with E-state index in [1.54, 1.807) is 0 Å². The van der Waals surface area contributed by atoms with Crippen LogP contribution in [0.3, 0.4) is 0 Å². The van der Waals surface area contributed by atoms with Crippen LogP contribution < -0.4 is 0 Å². The SMILES string of the molecule is O=C(OCc1ccccc1I)C(Cl)c1ccccc1. The van der Waals surface area contributed by atoms with Crippen LogP contribution in [-0.4, -0.2) is 5.97 Å². The van der Waals surface area contributed by atoms with Gasteiger partial charge in [0.15, 0.2) is 5.38 Å². The largest absolute Gasteiger partial charge is 0.459 e. The number of rotatable bonds is 4. The molecule has 19 heavy (non-hydrogen) atoms. The predicted octanol–water partition coefficient (Wildman–Crippen LogP) is 4.31. The van der Waals surface area contributed by atoms with E-state index in [1.807, 2.05) is 54.6 Å². The Morgan fingerprint density at radius 1 is 1.11 bits per heavy atom. The van der Waals surface area contributed by atoms with E-state index in [0.717, 1.165) is 14.7 Å². The maximum atomic E-state index is 11.9. The third kappa shape index (κ3) is 3.94. The van der Waals surface area contributed by atoms with Crippen LogP contribution in [0.2, 0.25) is 0 Å². The first kappa shape index (κ1) is 14.3. The zero-order chi connectivity index (χ0) is 13.7. The Kier molecular flexibility index (Phi) is 5.22. The van der Waals surface area contributed by atoms with E-state index in [0.29, 0.717) is 0 Å². The average Bonchev–Trinajstić information content (AvgIpc) is 2.46. The highest BCUT2D eigenvalue weighted by Gasteiger charge is 2.19. The highest BCUT2D eigenvalue weighted by Crippen LogP contribution is 2.22. The van der Waals surface area contributed by atoms with Gasteiger partial charge < -0.3 is 4.74 Å². The van der Waals surface area contributed by atoms with E-state index in [-0.39, 0.29) is 6.61 Å². The fraction of sp³-hybridized carbons (Fsp3) is 0.133. The van der Waals surface area contributed by atoms with E-state index in [9.17, 15) is 4.79 Å². The fourth-order valence-corrected chi connectivity index (χ4v) is 2.35. The molecule has 0 bridgehead atoms. The molecule has 0 aliphatic heterocycles. The number of esters is 1. The molecule has 0 N–H and O–H groups in total. The second-order valence-corrected chi connectivity index (χ2v) is 5.57. The molecule has 2 aromatic rings. The van der Waals surface area contributed by atoms with Crippen LogP contribution in [0.4, 0.5) is 0 Å². The van der Waals surface area contributed by atoms with Gasteiger partial charge in [-0.2, -0.15) is 0 Å². The molecule has 1 unspecified atom stereocenters. The van der Waals surface area contributed by atoms with E-state index in [1.165, 1.54) is 0 Å². The van der Waals surface area contributed by atoms with Gasteiger partial charge in [-0.3, -0.25) is 4.79 Å². The monoisotopic (exact) mass is 386 g/mol. The zero-order valence-corrected chi connectivity index (χ0v) is 13.0. The summed E-state index contributed by atoms with van der Waals surface area (Å²) < 4.78 is 6.32. The number of hydrogen-bond donors (Lipinski definition) is 0. The van der Waals surface area contributed by atoms with Crippen molar-refractivity contribution in [3.05, 3.63) is 69.3 Å². The van der Waals surface area contributed by atoms with Crippen molar-refractivity contribution < 1.29 is 9.53 Å². The first-order valence-electron chi connectivity index (χ1n) is 5.77. The second-order valence-electron chi connectivity index (χ2n) is 3.97. The molecule has 4 heteroatoms. The topological polar surface area (TPSA) is 26.3 Å². The summed E-state index contributed by atoms with van der Waals surface area (Å²) in [6.45, 7) is 0.244. The van der Waals surface area contributed by atoms with Crippen molar-refractivity contribution in [2.75, 3.05) is 0 Å². The lowest BCUT2D eigenvalue weighted by Gasteiger charge is -2.11. The molecule has 0 fully saturated rings. The lowest BCUT2D eigenvalue weighted by atomic mass is 10.1. The third-order valence-electron chi connectivity index (χ3n) is 2.63. The van der Waals surface area contributed by atoms with Crippen LogP contribution >= 0.6 is 34.2 Å². The van der Waals surface area contributed by atoms with Crippen molar-refractivity contribution in [2.45, 2.75) is 12.0 Å². The number of carbonyl (C=O) groups excluding carboxylic acids is 1. The van der Waals surface area contributed by atoms with Crippen LogP contribution in [0.15, 0.2) is 54.6 Å². The summed E-state index contributed by atoms with van der Waals surface area (Å²) in [6, 6.07) is 17.0. The molecule has 0 radical (unpaired) electrons. The van der Waals surface area contributed by atoms with Crippen molar-refractivity contribution >= 4 is 40.2 Å². The molecule has 0 saturated heterocycles. The molecule has 0 spiro atoms. The van der Waals surface area contributed by atoms with Crippen molar-refractivity contribution in [1.82, 2.24) is 0 Å². The second kappa shape index (κ2) is 6.91. The Balaban J connectivity index is 1.97. The standard InChI is InChI=1S/C15H12ClIO2/c16-14(11-6-2-1-3-7-11)15(18)19-10-12-8-4-5-9-13(12)17/h1-9,14H,10H2. The van der Waals surface area contributed by atoms with Gasteiger partial charge in [-0.15, -0.1) is 11.6 Å². The Morgan fingerprint density at radius 2 is 1.74 bits per heavy atom.